The van der Waals surface area contributed by atoms with Crippen molar-refractivity contribution in [2.45, 2.75) is 0 Å². The van der Waals surface area contributed by atoms with Gasteiger partial charge >= 0.3 is 0 Å². The molecule has 59 heavy (non-hydrogen) atoms. The summed E-state index contributed by atoms with van der Waals surface area (Å²) in [4.78, 5) is 20.6. The SMILES string of the molecule is c1ccc(-c2ccccc2-c2nc(-c3cccc(-c4cccc5ccc6ccc7ccncc7c6c45)c3)nc(-c3cc4ccccc4c4oc5ccccc5c34)n2)cc1. The average molecular weight is 753 g/mol. The monoisotopic (exact) mass is 752 g/mol. The number of nitrogens with zero attached hydrogens (tertiary/aromatic N) is 4. The molecule has 0 bridgehead atoms. The Morgan fingerprint density at radius 1 is 0.339 bits per heavy atom. The second kappa shape index (κ2) is 13.3. The third kappa shape index (κ3) is 5.40. The van der Waals surface area contributed by atoms with E-state index < -0.39 is 0 Å². The van der Waals surface area contributed by atoms with E-state index in [0.717, 1.165) is 82.4 Å². The third-order valence-corrected chi connectivity index (χ3v) is 11.6. The standard InChI is InChI=1S/C54H32N4O/c1-2-12-33(13-3-1)40-18-6-7-20-43(40)53-56-52(57-54(58-53)45-31-38-14-4-5-19-42(38)51-50(45)44-21-8-9-23-47(44)59-51)39-17-10-16-37(30-39)41-22-11-15-35-26-27-36-25-24-34-28-29-55-32-46(34)49(36)48(35)41/h1-32H. The van der Waals surface area contributed by atoms with Crippen LogP contribution in [0.4, 0.5) is 0 Å². The van der Waals surface area contributed by atoms with Gasteiger partial charge in [-0.25, -0.2) is 15.0 Å². The van der Waals surface area contributed by atoms with Gasteiger partial charge in [0.25, 0.3) is 0 Å². The van der Waals surface area contributed by atoms with Crippen LogP contribution < -0.4 is 0 Å². The summed E-state index contributed by atoms with van der Waals surface area (Å²) >= 11 is 0. The number of rotatable bonds is 5. The van der Waals surface area contributed by atoms with Gasteiger partial charge in [0.2, 0.25) is 0 Å². The zero-order chi connectivity index (χ0) is 38.9. The third-order valence-electron chi connectivity index (χ3n) is 11.6. The molecule has 0 aliphatic carbocycles. The fourth-order valence-electron chi connectivity index (χ4n) is 8.86. The second-order valence-electron chi connectivity index (χ2n) is 15.0. The van der Waals surface area contributed by atoms with E-state index in [2.05, 4.69) is 163 Å². The van der Waals surface area contributed by atoms with Crippen molar-refractivity contribution in [3.05, 3.63) is 194 Å². The first-order valence-corrected chi connectivity index (χ1v) is 19.8. The zero-order valence-corrected chi connectivity index (χ0v) is 31.7. The molecular weight excluding hydrogens is 721 g/mol. The van der Waals surface area contributed by atoms with Gasteiger partial charge in [-0.05, 0) is 78.8 Å². The molecule has 9 aromatic carbocycles. The van der Waals surface area contributed by atoms with Crippen LogP contribution in [0, 0.1) is 0 Å². The van der Waals surface area contributed by atoms with E-state index in [9.17, 15) is 0 Å². The molecule has 5 nitrogen and oxygen atoms in total. The van der Waals surface area contributed by atoms with E-state index in [1.54, 1.807) is 0 Å². The van der Waals surface area contributed by atoms with Crippen molar-refractivity contribution < 1.29 is 4.42 Å². The summed E-state index contributed by atoms with van der Waals surface area (Å²) < 4.78 is 6.62. The van der Waals surface area contributed by atoms with Crippen molar-refractivity contribution in [1.29, 1.82) is 0 Å². The highest BCUT2D eigenvalue weighted by atomic mass is 16.3. The molecule has 0 aliphatic heterocycles. The summed E-state index contributed by atoms with van der Waals surface area (Å²) in [5.74, 6) is 1.76. The Morgan fingerprint density at radius 2 is 0.966 bits per heavy atom. The van der Waals surface area contributed by atoms with E-state index in [0.29, 0.717) is 17.5 Å². The van der Waals surface area contributed by atoms with Gasteiger partial charge in [-0.1, -0.05) is 158 Å². The number of aromatic nitrogens is 4. The molecule has 12 rings (SSSR count). The van der Waals surface area contributed by atoms with Gasteiger partial charge in [-0.15, -0.1) is 0 Å². The minimum atomic E-state index is 0.579. The normalized spacial score (nSPS) is 11.7. The van der Waals surface area contributed by atoms with Gasteiger partial charge in [0.05, 0.1) is 0 Å². The Balaban J connectivity index is 1.13. The van der Waals surface area contributed by atoms with Gasteiger partial charge in [0, 0.05) is 50.6 Å². The summed E-state index contributed by atoms with van der Waals surface area (Å²) in [6.07, 6.45) is 3.84. The van der Waals surface area contributed by atoms with Crippen molar-refractivity contribution in [3.8, 4) is 56.4 Å². The Morgan fingerprint density at radius 3 is 1.85 bits per heavy atom. The fourth-order valence-corrected chi connectivity index (χ4v) is 8.86. The molecule has 12 aromatic rings. The fraction of sp³-hybridized carbons (Fsp3) is 0. The van der Waals surface area contributed by atoms with Crippen molar-refractivity contribution in [2.24, 2.45) is 0 Å². The summed E-state index contributed by atoms with van der Waals surface area (Å²) in [6, 6.07) is 63.5. The van der Waals surface area contributed by atoms with E-state index in [1.807, 2.05) is 36.7 Å². The summed E-state index contributed by atoms with van der Waals surface area (Å²) in [5.41, 5.74) is 8.70. The molecule has 3 heterocycles. The molecule has 274 valence electrons. The number of furan rings is 1. The quantitative estimate of drug-likeness (QED) is 0.164. The van der Waals surface area contributed by atoms with Crippen LogP contribution in [-0.2, 0) is 0 Å². The number of hydrogen-bond acceptors (Lipinski definition) is 5. The molecule has 0 atom stereocenters. The van der Waals surface area contributed by atoms with Crippen LogP contribution in [-0.4, -0.2) is 19.9 Å². The Hall–Kier alpha value is -8.02. The van der Waals surface area contributed by atoms with Crippen molar-refractivity contribution in [3.63, 3.8) is 0 Å². The molecule has 0 saturated carbocycles. The van der Waals surface area contributed by atoms with Crippen LogP contribution in [0.5, 0.6) is 0 Å². The predicted octanol–water partition coefficient (Wildman–Crippen LogP) is 14.1. The lowest BCUT2D eigenvalue weighted by Crippen LogP contribution is -2.01. The molecule has 0 fully saturated rings. The van der Waals surface area contributed by atoms with Crippen molar-refractivity contribution in [2.75, 3.05) is 0 Å². The van der Waals surface area contributed by atoms with Crippen LogP contribution in [0.15, 0.2) is 199 Å². The number of fused-ring (bicyclic) bond motifs is 10. The molecule has 0 unspecified atom stereocenters. The highest BCUT2D eigenvalue weighted by molar-refractivity contribution is 6.24. The van der Waals surface area contributed by atoms with Crippen LogP contribution in [0.2, 0.25) is 0 Å². The topological polar surface area (TPSA) is 64.7 Å². The molecule has 0 spiro atoms. The largest absolute Gasteiger partial charge is 0.455 e. The minimum absolute atomic E-state index is 0.579. The van der Waals surface area contributed by atoms with E-state index in [4.69, 9.17) is 19.4 Å². The predicted molar refractivity (Wildman–Crippen MR) is 242 cm³/mol. The van der Waals surface area contributed by atoms with Crippen LogP contribution in [0.3, 0.4) is 0 Å². The van der Waals surface area contributed by atoms with Crippen LogP contribution >= 0.6 is 0 Å². The van der Waals surface area contributed by atoms with Gasteiger partial charge in [-0.3, -0.25) is 4.98 Å². The smallest absolute Gasteiger partial charge is 0.164 e. The highest BCUT2D eigenvalue weighted by Gasteiger charge is 2.22. The maximum atomic E-state index is 6.62. The first kappa shape index (κ1) is 33.2. The molecule has 0 saturated heterocycles. The molecule has 3 aromatic heterocycles. The first-order valence-electron chi connectivity index (χ1n) is 19.8. The summed E-state index contributed by atoms with van der Waals surface area (Å²) in [7, 11) is 0. The van der Waals surface area contributed by atoms with E-state index in [1.165, 1.54) is 21.5 Å². The minimum Gasteiger partial charge on any atom is -0.455 e. The summed E-state index contributed by atoms with van der Waals surface area (Å²) in [5, 5.41) is 11.1. The van der Waals surface area contributed by atoms with Crippen molar-refractivity contribution in [1.82, 2.24) is 19.9 Å². The lowest BCUT2D eigenvalue weighted by Gasteiger charge is -2.14. The highest BCUT2D eigenvalue weighted by Crippen LogP contribution is 2.43. The van der Waals surface area contributed by atoms with Gasteiger partial charge in [-0.2, -0.15) is 0 Å². The molecular formula is C54H32N4O. The van der Waals surface area contributed by atoms with E-state index >= 15 is 0 Å². The molecule has 5 heteroatoms. The number of benzene rings is 9. The number of pyridine rings is 1. The Kier molecular flexibility index (Phi) is 7.47. The van der Waals surface area contributed by atoms with E-state index in [-0.39, 0.29) is 0 Å². The molecule has 0 aliphatic rings. The lowest BCUT2D eigenvalue weighted by atomic mass is 9.91. The maximum Gasteiger partial charge on any atom is 0.164 e. The first-order chi connectivity index (χ1) is 29.2. The summed E-state index contributed by atoms with van der Waals surface area (Å²) in [6.45, 7) is 0. The van der Waals surface area contributed by atoms with Gasteiger partial charge < -0.3 is 4.42 Å². The van der Waals surface area contributed by atoms with Crippen molar-refractivity contribution >= 4 is 65.0 Å². The average Bonchev–Trinajstić information content (AvgIpc) is 3.71. The number of hydrogen-bond donors (Lipinski definition) is 0. The molecule has 0 N–H and O–H groups in total. The lowest BCUT2D eigenvalue weighted by molar-refractivity contribution is 0.672. The van der Waals surface area contributed by atoms with Crippen LogP contribution in [0.1, 0.15) is 0 Å². The Labute approximate surface area is 338 Å². The second-order valence-corrected chi connectivity index (χ2v) is 15.0. The van der Waals surface area contributed by atoms with Crippen LogP contribution in [0.25, 0.3) is 121 Å². The Bertz CT molecular complexity index is 3620. The number of para-hydroxylation sites is 1. The maximum absolute atomic E-state index is 6.62. The van der Waals surface area contributed by atoms with Gasteiger partial charge in [0.1, 0.15) is 11.2 Å². The molecule has 0 amide bonds. The van der Waals surface area contributed by atoms with Gasteiger partial charge in [0.15, 0.2) is 17.5 Å². The molecule has 0 radical (unpaired) electrons. The zero-order valence-electron chi connectivity index (χ0n) is 31.7.